The van der Waals surface area contributed by atoms with E-state index in [2.05, 4.69) is 11.4 Å². The van der Waals surface area contributed by atoms with Gasteiger partial charge in [-0.15, -0.1) is 23.2 Å². The van der Waals surface area contributed by atoms with Crippen LogP contribution in [0.25, 0.3) is 11.1 Å². The Bertz CT molecular complexity index is 880. The number of halogens is 2. The fourth-order valence-corrected chi connectivity index (χ4v) is 3.29. The molecule has 1 aromatic heterocycles. The molecule has 0 bridgehead atoms. The fourth-order valence-electron chi connectivity index (χ4n) is 2.25. The van der Waals surface area contributed by atoms with E-state index in [1.807, 2.05) is 0 Å². The summed E-state index contributed by atoms with van der Waals surface area (Å²) in [6, 6.07) is 3.24. The summed E-state index contributed by atoms with van der Waals surface area (Å²) in [5.74, 6) is 0. The lowest BCUT2D eigenvalue weighted by Gasteiger charge is -2.12. The molecule has 0 spiro atoms. The summed E-state index contributed by atoms with van der Waals surface area (Å²) in [5, 5.41) is 0. The molecule has 2 unspecified atom stereocenters. The highest BCUT2D eigenvalue weighted by atomic mass is 35.5. The molecular weight excluding hydrogens is 417 g/mol. The third-order valence-electron chi connectivity index (χ3n) is 3.53. The van der Waals surface area contributed by atoms with E-state index in [4.69, 9.17) is 36.7 Å². The Morgan fingerprint density at radius 1 is 1.00 bits per heavy atom. The summed E-state index contributed by atoms with van der Waals surface area (Å²) in [4.78, 5) is 3.88. The van der Waals surface area contributed by atoms with Crippen LogP contribution in [0.1, 0.15) is 24.0 Å². The van der Waals surface area contributed by atoms with E-state index in [0.29, 0.717) is 22.2 Å². The number of oxazole rings is 1. The zero-order valence-corrected chi connectivity index (χ0v) is 15.7. The zero-order valence-electron chi connectivity index (χ0n) is 12.6. The average molecular weight is 431 g/mol. The summed E-state index contributed by atoms with van der Waals surface area (Å²) < 4.78 is 64.0. The molecular formula is C13H14Cl2NO7S2. The van der Waals surface area contributed by atoms with Crippen LogP contribution in [-0.4, -0.2) is 40.3 Å². The number of fused-ring (bicyclic) bond motifs is 1. The Morgan fingerprint density at radius 2 is 1.48 bits per heavy atom. The first-order valence-corrected chi connectivity index (χ1v) is 10.9. The van der Waals surface area contributed by atoms with Gasteiger partial charge in [-0.3, -0.25) is 9.11 Å². The maximum Gasteiger partial charge on any atom is 0.284 e. The lowest BCUT2D eigenvalue weighted by atomic mass is 9.99. The summed E-state index contributed by atoms with van der Waals surface area (Å²) in [6.07, 6.45) is 2.55. The van der Waals surface area contributed by atoms with Gasteiger partial charge in [0, 0.05) is 0 Å². The second-order valence-electron chi connectivity index (χ2n) is 5.32. The number of alkyl halides is 2. The van der Waals surface area contributed by atoms with Crippen LogP contribution in [0.15, 0.2) is 16.5 Å². The minimum atomic E-state index is -4.37. The predicted molar refractivity (Wildman–Crippen MR) is 91.9 cm³/mol. The van der Waals surface area contributed by atoms with E-state index in [0.717, 1.165) is 0 Å². The van der Waals surface area contributed by atoms with Gasteiger partial charge in [-0.05, 0) is 48.9 Å². The van der Waals surface area contributed by atoms with Crippen LogP contribution in [0.2, 0.25) is 0 Å². The van der Waals surface area contributed by atoms with Crippen molar-refractivity contribution < 1.29 is 30.4 Å². The number of aromatic nitrogens is 1. The lowest BCUT2D eigenvalue weighted by molar-refractivity contribution is 0.473. The van der Waals surface area contributed by atoms with Gasteiger partial charge in [0.1, 0.15) is 5.52 Å². The van der Waals surface area contributed by atoms with Gasteiger partial charge in [-0.25, -0.2) is 4.98 Å². The van der Waals surface area contributed by atoms with E-state index < -0.39 is 29.7 Å². The number of aryl methyl sites for hydroxylation is 2. The zero-order chi connectivity index (χ0) is 18.8. The van der Waals surface area contributed by atoms with E-state index in [1.54, 1.807) is 12.1 Å². The van der Waals surface area contributed by atoms with Crippen LogP contribution in [-0.2, 0) is 33.1 Å². The molecule has 25 heavy (non-hydrogen) atoms. The fraction of sp³-hybridized carbons (Fsp3) is 0.462. The molecule has 0 aliphatic carbocycles. The van der Waals surface area contributed by atoms with Gasteiger partial charge in [-0.2, -0.15) is 16.8 Å². The summed E-state index contributed by atoms with van der Waals surface area (Å²) in [5.41, 5.74) is 2.16. The Morgan fingerprint density at radius 3 is 1.96 bits per heavy atom. The summed E-state index contributed by atoms with van der Waals surface area (Å²) >= 11 is 11.3. The first-order chi connectivity index (χ1) is 11.5. The highest BCUT2D eigenvalue weighted by molar-refractivity contribution is 7.88. The molecule has 2 aromatic rings. The Labute approximate surface area is 154 Å². The Kier molecular flexibility index (Phi) is 6.34. The second kappa shape index (κ2) is 7.77. The van der Waals surface area contributed by atoms with E-state index in [9.17, 15) is 16.8 Å². The summed E-state index contributed by atoms with van der Waals surface area (Å²) in [6.45, 7) is 0. The van der Waals surface area contributed by atoms with Gasteiger partial charge in [0.05, 0.1) is 0 Å². The molecule has 1 radical (unpaired) electrons. The maximum atomic E-state index is 11.0. The van der Waals surface area contributed by atoms with Crippen molar-refractivity contribution in [2.24, 2.45) is 0 Å². The predicted octanol–water partition coefficient (Wildman–Crippen LogP) is 2.40. The van der Waals surface area contributed by atoms with E-state index in [1.165, 1.54) is 0 Å². The molecule has 2 atom stereocenters. The van der Waals surface area contributed by atoms with Crippen LogP contribution in [0.5, 0.6) is 0 Å². The monoisotopic (exact) mass is 430 g/mol. The third-order valence-corrected chi connectivity index (χ3v) is 7.08. The molecule has 0 saturated carbocycles. The molecule has 139 valence electrons. The van der Waals surface area contributed by atoms with Crippen LogP contribution < -0.4 is 0 Å². The normalized spacial score (nSPS) is 15.4. The minimum Gasteiger partial charge on any atom is -0.432 e. The van der Waals surface area contributed by atoms with Crippen LogP contribution in [0.3, 0.4) is 0 Å². The second-order valence-corrected chi connectivity index (χ2v) is 10.1. The van der Waals surface area contributed by atoms with Crippen molar-refractivity contribution in [1.29, 1.82) is 0 Å². The molecule has 0 aliphatic rings. The highest BCUT2D eigenvalue weighted by Gasteiger charge is 2.22. The van der Waals surface area contributed by atoms with Gasteiger partial charge in [0.2, 0.25) is 0 Å². The van der Waals surface area contributed by atoms with Crippen molar-refractivity contribution in [3.05, 3.63) is 29.7 Å². The number of hydrogen-bond donors (Lipinski definition) is 2. The maximum absolute atomic E-state index is 11.0. The molecule has 0 fully saturated rings. The van der Waals surface area contributed by atoms with Gasteiger partial charge < -0.3 is 4.42 Å². The molecule has 2 rings (SSSR count). The SMILES string of the molecule is O=S(=O)(O)C(Cl)CCc1cc2n[c]oc2cc1CCC(Cl)S(=O)(=O)O. The van der Waals surface area contributed by atoms with Crippen molar-refractivity contribution in [2.45, 2.75) is 35.1 Å². The topological polar surface area (TPSA) is 135 Å². The Balaban J connectivity index is 2.24. The molecule has 0 amide bonds. The molecule has 8 nitrogen and oxygen atoms in total. The van der Waals surface area contributed by atoms with Gasteiger partial charge in [0.15, 0.2) is 15.0 Å². The lowest BCUT2D eigenvalue weighted by Crippen LogP contribution is -2.16. The van der Waals surface area contributed by atoms with Crippen LogP contribution >= 0.6 is 23.2 Å². The number of benzene rings is 1. The molecule has 2 N–H and O–H groups in total. The largest absolute Gasteiger partial charge is 0.432 e. The first kappa shape index (κ1) is 20.4. The standard InChI is InChI=1S/C13H14Cl2NO7S2/c14-12(24(17,18)19)3-1-8-5-10-11(23-7-16-10)6-9(8)2-4-13(15)25(20,21)22/h5-6,12-13H,1-4H2,(H,17,18,19)(H,20,21,22). The average Bonchev–Trinajstić information content (AvgIpc) is 2.94. The van der Waals surface area contributed by atoms with Crippen LogP contribution in [0, 0.1) is 6.39 Å². The van der Waals surface area contributed by atoms with E-state index in [-0.39, 0.29) is 25.7 Å². The molecule has 0 aliphatic heterocycles. The van der Waals surface area contributed by atoms with Crippen LogP contribution in [0.4, 0.5) is 0 Å². The van der Waals surface area contributed by atoms with E-state index >= 15 is 0 Å². The van der Waals surface area contributed by atoms with Crippen molar-refractivity contribution >= 4 is 54.5 Å². The quantitative estimate of drug-likeness (QED) is 0.481. The number of rotatable bonds is 8. The molecule has 1 aromatic carbocycles. The highest BCUT2D eigenvalue weighted by Crippen LogP contribution is 2.25. The smallest absolute Gasteiger partial charge is 0.284 e. The third kappa shape index (κ3) is 5.53. The van der Waals surface area contributed by atoms with Gasteiger partial charge >= 0.3 is 0 Å². The van der Waals surface area contributed by atoms with Gasteiger partial charge in [0.25, 0.3) is 26.6 Å². The number of nitrogens with zero attached hydrogens (tertiary/aromatic N) is 1. The van der Waals surface area contributed by atoms with Crippen molar-refractivity contribution in [1.82, 2.24) is 4.98 Å². The number of hydrogen-bond acceptors (Lipinski definition) is 6. The summed E-state index contributed by atoms with van der Waals surface area (Å²) in [7, 11) is -8.74. The molecule has 12 heteroatoms. The molecule has 0 saturated heterocycles. The molecule has 1 heterocycles. The Hall–Kier alpha value is -0.910. The minimum absolute atomic E-state index is 0.0664. The van der Waals surface area contributed by atoms with Gasteiger partial charge in [-0.1, -0.05) is 0 Å². The van der Waals surface area contributed by atoms with Crippen molar-refractivity contribution in [2.75, 3.05) is 0 Å². The van der Waals surface area contributed by atoms with Crippen molar-refractivity contribution in [3.63, 3.8) is 0 Å². The van der Waals surface area contributed by atoms with Crippen molar-refractivity contribution in [3.8, 4) is 0 Å². The first-order valence-electron chi connectivity index (χ1n) is 6.97.